The summed E-state index contributed by atoms with van der Waals surface area (Å²) in [5.41, 5.74) is -0.222. The van der Waals surface area contributed by atoms with Crippen molar-refractivity contribution in [2.24, 2.45) is 17.8 Å². The van der Waals surface area contributed by atoms with Crippen LogP contribution in [0, 0.1) is 24.7 Å². The van der Waals surface area contributed by atoms with Crippen LogP contribution in [-0.2, 0) is 19.1 Å². The molecule has 2 aromatic carbocycles. The predicted octanol–water partition coefficient (Wildman–Crippen LogP) is 3.86. The number of aliphatic hydroxyl groups is 1. The number of likely N-dealkylation sites (tertiary alicyclic amines) is 1. The third-order valence-corrected chi connectivity index (χ3v) is 9.31. The molecule has 3 unspecified atom stereocenters. The maximum absolute atomic E-state index is 14.4. The molecule has 0 saturated carbocycles. The fraction of sp³-hybridized carbons (Fsp3) is 0.500. The van der Waals surface area contributed by atoms with Crippen molar-refractivity contribution in [3.05, 3.63) is 64.7 Å². The van der Waals surface area contributed by atoms with Crippen LogP contribution in [0.25, 0.3) is 0 Å². The molecule has 3 saturated heterocycles. The molecule has 39 heavy (non-hydrogen) atoms. The van der Waals surface area contributed by atoms with Crippen LogP contribution in [0.5, 0.6) is 0 Å². The Labute approximate surface area is 234 Å². The molecular formula is C30H36ClN3O5. The molecule has 5 rings (SSSR count). The largest absolute Gasteiger partial charge is 0.394 e. The van der Waals surface area contributed by atoms with E-state index in [9.17, 15) is 19.5 Å². The van der Waals surface area contributed by atoms with Gasteiger partial charge in [-0.1, -0.05) is 67.9 Å². The van der Waals surface area contributed by atoms with E-state index in [4.69, 9.17) is 16.3 Å². The molecular weight excluding hydrogens is 518 g/mol. The highest BCUT2D eigenvalue weighted by Gasteiger charge is 2.80. The molecule has 2 bridgehead atoms. The van der Waals surface area contributed by atoms with E-state index in [1.54, 1.807) is 12.1 Å². The minimum Gasteiger partial charge on any atom is -0.394 e. The number of ether oxygens (including phenoxy) is 1. The fourth-order valence-electron chi connectivity index (χ4n) is 7.08. The lowest BCUT2D eigenvalue weighted by Crippen LogP contribution is -2.55. The first kappa shape index (κ1) is 27.6. The van der Waals surface area contributed by atoms with Gasteiger partial charge in [0.05, 0.1) is 40.8 Å². The SMILES string of the molecule is CCCNC(=O)[C@H]1[C@H]2C(=O)N([C@H](CO)c3ccccc3)C(C(=O)Nc3c(C)cccc3Cl)C23CC(C)[C@]1(C)O3. The van der Waals surface area contributed by atoms with E-state index in [0.717, 1.165) is 12.0 Å². The van der Waals surface area contributed by atoms with Gasteiger partial charge in [-0.15, -0.1) is 0 Å². The lowest BCUT2D eigenvalue weighted by atomic mass is 9.62. The molecule has 3 heterocycles. The van der Waals surface area contributed by atoms with Crippen molar-refractivity contribution in [1.82, 2.24) is 10.2 Å². The number of aliphatic hydroxyl groups excluding tert-OH is 1. The summed E-state index contributed by atoms with van der Waals surface area (Å²) in [6.07, 6.45) is 1.19. The number of hydrogen-bond donors (Lipinski definition) is 3. The Balaban J connectivity index is 1.64. The Hall–Kier alpha value is -2.94. The highest BCUT2D eigenvalue weighted by atomic mass is 35.5. The summed E-state index contributed by atoms with van der Waals surface area (Å²) in [5.74, 6) is -2.77. The van der Waals surface area contributed by atoms with Crippen molar-refractivity contribution in [3.8, 4) is 0 Å². The van der Waals surface area contributed by atoms with Gasteiger partial charge in [0.15, 0.2) is 0 Å². The number of amides is 3. The average Bonchev–Trinajstić information content (AvgIpc) is 3.43. The van der Waals surface area contributed by atoms with E-state index in [1.165, 1.54) is 4.90 Å². The van der Waals surface area contributed by atoms with E-state index in [2.05, 4.69) is 10.6 Å². The summed E-state index contributed by atoms with van der Waals surface area (Å²) >= 11 is 6.46. The third kappa shape index (κ3) is 4.15. The van der Waals surface area contributed by atoms with Gasteiger partial charge in [-0.3, -0.25) is 14.4 Å². The van der Waals surface area contributed by atoms with E-state index < -0.39 is 47.6 Å². The maximum atomic E-state index is 14.4. The van der Waals surface area contributed by atoms with Gasteiger partial charge in [-0.25, -0.2) is 0 Å². The summed E-state index contributed by atoms with van der Waals surface area (Å²) in [4.78, 5) is 43.7. The Morgan fingerprint density at radius 2 is 1.90 bits per heavy atom. The number of carbonyl (C=O) groups is 3. The number of carbonyl (C=O) groups excluding carboxylic acids is 3. The number of para-hydroxylation sites is 1. The van der Waals surface area contributed by atoms with Crippen molar-refractivity contribution >= 4 is 35.0 Å². The monoisotopic (exact) mass is 553 g/mol. The molecule has 208 valence electrons. The number of nitrogens with one attached hydrogen (secondary N) is 2. The Kier molecular flexibility index (Phi) is 7.24. The van der Waals surface area contributed by atoms with Crippen LogP contribution < -0.4 is 10.6 Å². The average molecular weight is 554 g/mol. The fourth-order valence-corrected chi connectivity index (χ4v) is 7.35. The van der Waals surface area contributed by atoms with Gasteiger partial charge in [0, 0.05) is 6.54 Å². The Morgan fingerprint density at radius 1 is 1.18 bits per heavy atom. The molecule has 1 spiro atoms. The smallest absolute Gasteiger partial charge is 0.250 e. The van der Waals surface area contributed by atoms with Gasteiger partial charge < -0.3 is 25.4 Å². The first-order valence-electron chi connectivity index (χ1n) is 13.6. The second-order valence-electron chi connectivity index (χ2n) is 11.3. The molecule has 3 N–H and O–H groups in total. The highest BCUT2D eigenvalue weighted by Crippen LogP contribution is 2.66. The molecule has 8 nitrogen and oxygen atoms in total. The van der Waals surface area contributed by atoms with Crippen LogP contribution >= 0.6 is 11.6 Å². The van der Waals surface area contributed by atoms with Gasteiger partial charge in [0.2, 0.25) is 17.7 Å². The molecule has 3 aliphatic heterocycles. The first-order valence-corrected chi connectivity index (χ1v) is 14.0. The molecule has 0 aromatic heterocycles. The number of hydrogen-bond acceptors (Lipinski definition) is 5. The van der Waals surface area contributed by atoms with Gasteiger partial charge in [-0.05, 0) is 49.8 Å². The highest BCUT2D eigenvalue weighted by molar-refractivity contribution is 6.34. The van der Waals surface area contributed by atoms with Gasteiger partial charge in [0.25, 0.3) is 0 Å². The van der Waals surface area contributed by atoms with Crippen LogP contribution in [0.2, 0.25) is 5.02 Å². The summed E-state index contributed by atoms with van der Waals surface area (Å²) < 4.78 is 6.76. The molecule has 0 aliphatic carbocycles. The normalized spacial score (nSPS) is 31.7. The van der Waals surface area contributed by atoms with E-state index in [-0.39, 0.29) is 17.7 Å². The minimum absolute atomic E-state index is 0.0828. The lowest BCUT2D eigenvalue weighted by molar-refractivity contribution is -0.149. The quantitative estimate of drug-likeness (QED) is 0.460. The Morgan fingerprint density at radius 3 is 2.54 bits per heavy atom. The zero-order valence-electron chi connectivity index (χ0n) is 22.7. The number of benzene rings is 2. The van der Waals surface area contributed by atoms with Crippen molar-refractivity contribution in [3.63, 3.8) is 0 Å². The van der Waals surface area contributed by atoms with Crippen molar-refractivity contribution in [2.45, 2.75) is 63.8 Å². The zero-order valence-corrected chi connectivity index (χ0v) is 23.5. The van der Waals surface area contributed by atoms with Crippen LogP contribution in [0.4, 0.5) is 5.69 Å². The molecule has 3 fully saturated rings. The van der Waals surface area contributed by atoms with E-state index in [0.29, 0.717) is 29.2 Å². The number of aryl methyl sites for hydroxylation is 1. The van der Waals surface area contributed by atoms with Crippen LogP contribution in [0.1, 0.15) is 50.8 Å². The molecule has 3 aliphatic rings. The van der Waals surface area contributed by atoms with Crippen molar-refractivity contribution in [1.29, 1.82) is 0 Å². The summed E-state index contributed by atoms with van der Waals surface area (Å²) in [7, 11) is 0. The molecule has 9 heteroatoms. The third-order valence-electron chi connectivity index (χ3n) is 9.00. The second-order valence-corrected chi connectivity index (χ2v) is 11.7. The van der Waals surface area contributed by atoms with Crippen LogP contribution in [0.15, 0.2) is 48.5 Å². The summed E-state index contributed by atoms with van der Waals surface area (Å²) in [6, 6.07) is 12.6. The van der Waals surface area contributed by atoms with Gasteiger partial charge in [0.1, 0.15) is 11.6 Å². The lowest BCUT2D eigenvalue weighted by Gasteiger charge is -2.37. The second kappa shape index (κ2) is 10.2. The first-order chi connectivity index (χ1) is 18.6. The number of anilines is 1. The molecule has 2 aromatic rings. The Bertz CT molecular complexity index is 1270. The van der Waals surface area contributed by atoms with Crippen LogP contribution in [-0.4, -0.2) is 58.1 Å². The molecule has 3 amide bonds. The van der Waals surface area contributed by atoms with Gasteiger partial charge in [-0.2, -0.15) is 0 Å². The van der Waals surface area contributed by atoms with E-state index >= 15 is 0 Å². The summed E-state index contributed by atoms with van der Waals surface area (Å²) in [5, 5.41) is 16.9. The topological polar surface area (TPSA) is 108 Å². The number of nitrogens with zero attached hydrogens (tertiary/aromatic N) is 1. The molecule has 7 atom stereocenters. The van der Waals surface area contributed by atoms with Gasteiger partial charge >= 0.3 is 0 Å². The minimum atomic E-state index is -1.24. The van der Waals surface area contributed by atoms with Crippen molar-refractivity contribution < 1.29 is 24.2 Å². The van der Waals surface area contributed by atoms with Crippen molar-refractivity contribution in [2.75, 3.05) is 18.5 Å². The van der Waals surface area contributed by atoms with Crippen LogP contribution in [0.3, 0.4) is 0 Å². The number of rotatable bonds is 8. The predicted molar refractivity (Wildman–Crippen MR) is 148 cm³/mol. The number of halogens is 1. The summed E-state index contributed by atoms with van der Waals surface area (Å²) in [6.45, 7) is 7.78. The standard InChI is InChI=1S/C30H36ClN3O5/c1-5-14-32-26(36)22-23-28(38)34(21(16-35)19-11-7-6-8-12-19)25(30(23)15-18(3)29(22,4)39-30)27(37)33-24-17(2)10-9-13-20(24)31/h6-13,18,21-23,25,35H,5,14-16H2,1-4H3,(H,32,36)(H,33,37)/t18?,21-,22-,23+,25?,29+,30?/m1/s1. The maximum Gasteiger partial charge on any atom is 0.250 e. The number of fused-ring (bicyclic) bond motifs is 1. The zero-order chi connectivity index (χ0) is 28.1. The molecule has 0 radical (unpaired) electrons. The van der Waals surface area contributed by atoms with E-state index in [1.807, 2.05) is 64.1 Å².